The number of aliphatic hydroxyl groups excluding tert-OH is 1. The lowest BCUT2D eigenvalue weighted by atomic mass is 10.2. The van der Waals surface area contributed by atoms with Crippen LogP contribution in [-0.2, 0) is 9.30 Å². The van der Waals surface area contributed by atoms with E-state index in [0.29, 0.717) is 11.2 Å². The van der Waals surface area contributed by atoms with Crippen molar-refractivity contribution in [1.29, 1.82) is 0 Å². The average Bonchev–Trinajstić information content (AvgIpc) is 3.02. The second kappa shape index (κ2) is 6.65. The van der Waals surface area contributed by atoms with Crippen LogP contribution in [0.2, 0.25) is 0 Å². The molecule has 0 amide bonds. The van der Waals surface area contributed by atoms with Crippen LogP contribution in [-0.4, -0.2) is 52.0 Å². The monoisotopic (exact) mass is 334 g/mol. The lowest BCUT2D eigenvalue weighted by molar-refractivity contribution is -0.0207. The highest BCUT2D eigenvalue weighted by Crippen LogP contribution is 2.29. The molecule has 22 heavy (non-hydrogen) atoms. The third-order valence-electron chi connectivity index (χ3n) is 2.96. The van der Waals surface area contributed by atoms with Crippen molar-refractivity contribution in [3.05, 3.63) is 23.0 Å². The summed E-state index contributed by atoms with van der Waals surface area (Å²) in [6.07, 6.45) is 4.14. The van der Waals surface area contributed by atoms with Gasteiger partial charge >= 0.3 is 7.82 Å². The van der Waals surface area contributed by atoms with Gasteiger partial charge in [-0.15, -0.1) is 0 Å². The van der Waals surface area contributed by atoms with Crippen LogP contribution in [0, 0.1) is 0 Å². The minimum absolute atomic E-state index is 0.0111. The third kappa shape index (κ3) is 4.19. The summed E-state index contributed by atoms with van der Waals surface area (Å²) in [5, 5.41) is 9.02. The van der Waals surface area contributed by atoms with Gasteiger partial charge in [0.1, 0.15) is 6.23 Å². The van der Waals surface area contributed by atoms with Crippen LogP contribution in [0.3, 0.4) is 0 Å². The summed E-state index contributed by atoms with van der Waals surface area (Å²) in [4.78, 5) is 43.6. The number of aromatic nitrogens is 4. The number of aliphatic hydroxyl groups is 1. The standard InChI is InChI=1S/C10H12N4O3.H3O4P/c15-3-6-1-2-7(17-6)14-5-13-8-9(14)11-4-12-10(8)16;1-5(2,3)4/h4-7,15H,1-3H2,(H,11,12,16);(H3,1,2,3,4)/t6-,7+;/m0./s1. The Balaban J connectivity index is 0.000000309. The number of hydrogen-bond acceptors (Lipinski definition) is 6. The Hall–Kier alpha value is -1.62. The Bertz CT molecular complexity index is 730. The molecule has 122 valence electrons. The van der Waals surface area contributed by atoms with Crippen molar-refractivity contribution in [3.8, 4) is 0 Å². The molecule has 11 nitrogen and oxygen atoms in total. The quantitative estimate of drug-likeness (QED) is 0.426. The van der Waals surface area contributed by atoms with E-state index >= 15 is 0 Å². The minimum atomic E-state index is -4.64. The van der Waals surface area contributed by atoms with Crippen molar-refractivity contribution >= 4 is 19.0 Å². The molecule has 0 aliphatic carbocycles. The van der Waals surface area contributed by atoms with Crippen molar-refractivity contribution < 1.29 is 29.1 Å². The summed E-state index contributed by atoms with van der Waals surface area (Å²) in [6.45, 7) is 0.0111. The third-order valence-corrected chi connectivity index (χ3v) is 2.96. The summed E-state index contributed by atoms with van der Waals surface area (Å²) in [7, 11) is -4.64. The Kier molecular flexibility index (Phi) is 5.06. The van der Waals surface area contributed by atoms with Gasteiger partial charge in [-0.3, -0.25) is 9.36 Å². The van der Waals surface area contributed by atoms with E-state index in [1.54, 1.807) is 10.9 Å². The molecule has 1 fully saturated rings. The van der Waals surface area contributed by atoms with Crippen LogP contribution in [0.25, 0.3) is 11.2 Å². The number of H-pyrrole nitrogens is 1. The fourth-order valence-corrected chi connectivity index (χ4v) is 2.10. The van der Waals surface area contributed by atoms with Gasteiger partial charge in [0.25, 0.3) is 5.56 Å². The fraction of sp³-hybridized carbons (Fsp3) is 0.500. The molecule has 0 spiro atoms. The van der Waals surface area contributed by atoms with Gasteiger partial charge < -0.3 is 29.5 Å². The highest BCUT2D eigenvalue weighted by molar-refractivity contribution is 7.45. The van der Waals surface area contributed by atoms with Crippen molar-refractivity contribution in [3.63, 3.8) is 0 Å². The van der Waals surface area contributed by atoms with E-state index in [2.05, 4.69) is 15.0 Å². The van der Waals surface area contributed by atoms with E-state index in [0.717, 1.165) is 12.8 Å². The molecule has 1 aliphatic heterocycles. The molecular weight excluding hydrogens is 319 g/mol. The molecular formula is C10H15N4O7P. The maximum Gasteiger partial charge on any atom is 0.466 e. The predicted octanol–water partition coefficient (Wildman–Crippen LogP) is -1.14. The number of ether oxygens (including phenoxy) is 1. The van der Waals surface area contributed by atoms with E-state index in [1.165, 1.54) is 6.33 Å². The number of nitrogens with one attached hydrogen (secondary N) is 1. The molecule has 0 saturated carbocycles. The van der Waals surface area contributed by atoms with Crippen LogP contribution in [0.1, 0.15) is 19.1 Å². The van der Waals surface area contributed by atoms with Crippen molar-refractivity contribution in [2.75, 3.05) is 6.61 Å². The average molecular weight is 334 g/mol. The first-order chi connectivity index (χ1) is 10.3. The lowest BCUT2D eigenvalue weighted by Gasteiger charge is -2.13. The van der Waals surface area contributed by atoms with Gasteiger partial charge in [-0.2, -0.15) is 0 Å². The Morgan fingerprint density at radius 3 is 2.64 bits per heavy atom. The second-order valence-electron chi connectivity index (χ2n) is 4.54. The number of hydrogen-bond donors (Lipinski definition) is 5. The van der Waals surface area contributed by atoms with Crippen LogP contribution in [0.15, 0.2) is 17.4 Å². The van der Waals surface area contributed by atoms with Crippen LogP contribution in [0.4, 0.5) is 0 Å². The number of phosphoric acid groups is 1. The minimum Gasteiger partial charge on any atom is -0.394 e. The Morgan fingerprint density at radius 1 is 1.36 bits per heavy atom. The van der Waals surface area contributed by atoms with Crippen molar-refractivity contribution in [1.82, 2.24) is 19.5 Å². The van der Waals surface area contributed by atoms with E-state index in [-0.39, 0.29) is 24.5 Å². The lowest BCUT2D eigenvalue weighted by Crippen LogP contribution is -2.14. The van der Waals surface area contributed by atoms with Crippen LogP contribution < -0.4 is 5.56 Å². The largest absolute Gasteiger partial charge is 0.466 e. The summed E-state index contributed by atoms with van der Waals surface area (Å²) in [5.74, 6) is 0. The van der Waals surface area contributed by atoms with Gasteiger partial charge in [0, 0.05) is 0 Å². The molecule has 2 aromatic rings. The van der Waals surface area contributed by atoms with Gasteiger partial charge in [0.2, 0.25) is 0 Å². The topological polar surface area (TPSA) is 171 Å². The molecule has 3 heterocycles. The molecule has 0 unspecified atom stereocenters. The van der Waals surface area contributed by atoms with E-state index in [4.69, 9.17) is 29.1 Å². The van der Waals surface area contributed by atoms with E-state index in [9.17, 15) is 4.79 Å². The SMILES string of the molecule is O=P(O)(O)O.O=c1[nH]cnc2c1ncn2[C@H]1CC[C@@H](CO)O1. The maximum atomic E-state index is 11.5. The van der Waals surface area contributed by atoms with Crippen LogP contribution >= 0.6 is 7.82 Å². The van der Waals surface area contributed by atoms with E-state index < -0.39 is 7.82 Å². The van der Waals surface area contributed by atoms with Gasteiger partial charge in [0.05, 0.1) is 25.4 Å². The van der Waals surface area contributed by atoms with Gasteiger partial charge in [-0.25, -0.2) is 14.5 Å². The Morgan fingerprint density at radius 2 is 2.05 bits per heavy atom. The second-order valence-corrected chi connectivity index (χ2v) is 5.57. The van der Waals surface area contributed by atoms with Gasteiger partial charge in [0.15, 0.2) is 11.2 Å². The molecule has 0 aromatic carbocycles. The number of aromatic amines is 1. The maximum absolute atomic E-state index is 11.5. The summed E-state index contributed by atoms with van der Waals surface area (Å²) in [6, 6.07) is 0. The predicted molar refractivity (Wildman–Crippen MR) is 72.6 cm³/mol. The number of rotatable bonds is 2. The smallest absolute Gasteiger partial charge is 0.394 e. The zero-order valence-corrected chi connectivity index (χ0v) is 12.1. The fourth-order valence-electron chi connectivity index (χ4n) is 2.10. The van der Waals surface area contributed by atoms with Crippen LogP contribution in [0.5, 0.6) is 0 Å². The van der Waals surface area contributed by atoms with Gasteiger partial charge in [-0.05, 0) is 12.8 Å². The van der Waals surface area contributed by atoms with E-state index in [1.807, 2.05) is 0 Å². The molecule has 12 heteroatoms. The van der Waals surface area contributed by atoms with Gasteiger partial charge in [-0.1, -0.05) is 0 Å². The summed E-state index contributed by atoms with van der Waals surface area (Å²) in [5.41, 5.74) is 0.561. The molecule has 3 rings (SSSR count). The Labute approximate surface area is 123 Å². The zero-order valence-electron chi connectivity index (χ0n) is 11.2. The molecule has 1 saturated heterocycles. The normalized spacial score (nSPS) is 21.6. The first kappa shape index (κ1) is 16.7. The van der Waals surface area contributed by atoms with Crippen molar-refractivity contribution in [2.45, 2.75) is 25.2 Å². The van der Waals surface area contributed by atoms with Crippen molar-refractivity contribution in [2.24, 2.45) is 0 Å². The zero-order chi connectivity index (χ0) is 16.3. The number of nitrogens with zero attached hydrogens (tertiary/aromatic N) is 3. The first-order valence-electron chi connectivity index (χ1n) is 6.24. The number of imidazole rings is 1. The molecule has 0 bridgehead atoms. The molecule has 5 N–H and O–H groups in total. The highest BCUT2D eigenvalue weighted by atomic mass is 31.2. The molecule has 2 atom stereocenters. The number of fused-ring (bicyclic) bond motifs is 1. The highest BCUT2D eigenvalue weighted by Gasteiger charge is 2.27. The molecule has 2 aromatic heterocycles. The summed E-state index contributed by atoms with van der Waals surface area (Å²) < 4.78 is 16.2. The summed E-state index contributed by atoms with van der Waals surface area (Å²) >= 11 is 0. The molecule has 0 radical (unpaired) electrons. The first-order valence-corrected chi connectivity index (χ1v) is 7.81. The molecule has 1 aliphatic rings.